The highest BCUT2D eigenvalue weighted by atomic mass is 35.5. The van der Waals surface area contributed by atoms with Gasteiger partial charge in [0.1, 0.15) is 5.69 Å². The summed E-state index contributed by atoms with van der Waals surface area (Å²) in [5.41, 5.74) is 3.91. The number of benzene rings is 1. The predicted molar refractivity (Wildman–Crippen MR) is 65.3 cm³/mol. The third-order valence-corrected chi connectivity index (χ3v) is 2.77. The minimum atomic E-state index is 0.466. The molecule has 82 valence electrons. The van der Waals surface area contributed by atoms with Crippen LogP contribution in [0.3, 0.4) is 0 Å². The summed E-state index contributed by atoms with van der Waals surface area (Å²) in [6.45, 7) is 0. The van der Waals surface area contributed by atoms with Gasteiger partial charge in [0.15, 0.2) is 5.82 Å². The number of halogens is 2. The second-order valence-electron chi connectivity index (χ2n) is 3.03. The molecule has 0 fully saturated rings. The molecule has 0 bridgehead atoms. The summed E-state index contributed by atoms with van der Waals surface area (Å²) in [5, 5.41) is 0.962. The van der Waals surface area contributed by atoms with Crippen LogP contribution in [0.5, 0.6) is 0 Å². The van der Waals surface area contributed by atoms with Crippen LogP contribution < -0.4 is 11.3 Å². The molecule has 2 rings (SSSR count). The molecule has 0 aliphatic rings. The van der Waals surface area contributed by atoms with E-state index in [0.29, 0.717) is 21.6 Å². The number of aromatic nitrogens is 2. The molecule has 0 radical (unpaired) electrons. The van der Waals surface area contributed by atoms with E-state index in [0.717, 1.165) is 5.56 Å². The third kappa shape index (κ3) is 2.09. The monoisotopic (exact) mass is 254 g/mol. The van der Waals surface area contributed by atoms with Crippen molar-refractivity contribution in [1.82, 2.24) is 9.97 Å². The molecular weight excluding hydrogens is 247 g/mol. The summed E-state index contributed by atoms with van der Waals surface area (Å²) < 4.78 is 0. The molecule has 3 N–H and O–H groups in total. The fourth-order valence-electron chi connectivity index (χ4n) is 1.30. The molecule has 0 atom stereocenters. The molecule has 1 heterocycles. The lowest BCUT2D eigenvalue weighted by atomic mass is 10.1. The largest absolute Gasteiger partial charge is 0.307 e. The first kappa shape index (κ1) is 11.1. The van der Waals surface area contributed by atoms with E-state index in [1.165, 1.54) is 0 Å². The summed E-state index contributed by atoms with van der Waals surface area (Å²) in [4.78, 5) is 8.23. The van der Waals surface area contributed by atoms with E-state index in [4.69, 9.17) is 29.0 Å². The second kappa shape index (κ2) is 4.65. The molecule has 0 saturated heterocycles. The SMILES string of the molecule is NNc1nccnc1-c1ccc(Cl)c(Cl)c1. The lowest BCUT2D eigenvalue weighted by Crippen LogP contribution is -2.10. The smallest absolute Gasteiger partial charge is 0.166 e. The highest BCUT2D eigenvalue weighted by Crippen LogP contribution is 2.29. The van der Waals surface area contributed by atoms with Crippen LogP contribution in [0, 0.1) is 0 Å². The molecule has 16 heavy (non-hydrogen) atoms. The molecule has 0 aliphatic carbocycles. The fourth-order valence-corrected chi connectivity index (χ4v) is 1.60. The van der Waals surface area contributed by atoms with Crippen molar-refractivity contribution in [3.05, 3.63) is 40.6 Å². The van der Waals surface area contributed by atoms with E-state index in [1.807, 2.05) is 0 Å². The van der Waals surface area contributed by atoms with Gasteiger partial charge in [-0.1, -0.05) is 29.3 Å². The maximum Gasteiger partial charge on any atom is 0.166 e. The highest BCUT2D eigenvalue weighted by Gasteiger charge is 2.08. The molecule has 6 heteroatoms. The molecule has 2 aromatic rings. The van der Waals surface area contributed by atoms with Gasteiger partial charge in [-0.05, 0) is 12.1 Å². The first-order valence-electron chi connectivity index (χ1n) is 4.45. The molecular formula is C10H8Cl2N4. The van der Waals surface area contributed by atoms with Crippen LogP contribution in [0.1, 0.15) is 0 Å². The van der Waals surface area contributed by atoms with E-state index < -0.39 is 0 Å². The number of nitrogen functional groups attached to an aromatic ring is 1. The van der Waals surface area contributed by atoms with E-state index in [1.54, 1.807) is 30.6 Å². The van der Waals surface area contributed by atoms with Gasteiger partial charge in [-0.2, -0.15) is 0 Å². The maximum atomic E-state index is 5.93. The number of hydrazine groups is 1. The van der Waals surface area contributed by atoms with Gasteiger partial charge in [0.05, 0.1) is 10.0 Å². The Morgan fingerprint density at radius 2 is 1.81 bits per heavy atom. The van der Waals surface area contributed by atoms with Crippen molar-refractivity contribution in [3.8, 4) is 11.3 Å². The van der Waals surface area contributed by atoms with E-state index in [2.05, 4.69) is 15.4 Å². The van der Waals surface area contributed by atoms with Gasteiger partial charge < -0.3 is 5.43 Å². The Morgan fingerprint density at radius 1 is 1.06 bits per heavy atom. The summed E-state index contributed by atoms with van der Waals surface area (Å²) in [6.07, 6.45) is 3.13. The van der Waals surface area contributed by atoms with E-state index in [-0.39, 0.29) is 0 Å². The Hall–Kier alpha value is -1.36. The molecule has 0 unspecified atom stereocenters. The minimum Gasteiger partial charge on any atom is -0.307 e. The quantitative estimate of drug-likeness (QED) is 0.639. The molecule has 0 aliphatic heterocycles. The lowest BCUT2D eigenvalue weighted by Gasteiger charge is -2.07. The Balaban J connectivity index is 2.54. The number of hydrogen-bond donors (Lipinski definition) is 2. The fraction of sp³-hybridized carbons (Fsp3) is 0. The van der Waals surface area contributed by atoms with Gasteiger partial charge >= 0.3 is 0 Å². The number of nitrogens with two attached hydrogens (primary N) is 1. The molecule has 1 aromatic carbocycles. The summed E-state index contributed by atoms with van der Waals surface area (Å²) in [6, 6.07) is 5.22. The first-order chi connectivity index (χ1) is 7.72. The molecule has 0 saturated carbocycles. The van der Waals surface area contributed by atoms with Gasteiger partial charge in [-0.25, -0.2) is 10.8 Å². The van der Waals surface area contributed by atoms with Crippen molar-refractivity contribution in [2.75, 3.05) is 5.43 Å². The molecule has 1 aromatic heterocycles. The Labute approximate surface area is 102 Å². The number of rotatable bonds is 2. The van der Waals surface area contributed by atoms with Crippen LogP contribution in [0.4, 0.5) is 5.82 Å². The zero-order valence-electron chi connectivity index (χ0n) is 8.11. The summed E-state index contributed by atoms with van der Waals surface area (Å²) >= 11 is 11.8. The van der Waals surface area contributed by atoms with Crippen molar-refractivity contribution < 1.29 is 0 Å². The zero-order valence-corrected chi connectivity index (χ0v) is 9.63. The summed E-state index contributed by atoms with van der Waals surface area (Å²) in [5.74, 6) is 5.83. The van der Waals surface area contributed by atoms with Crippen molar-refractivity contribution >= 4 is 29.0 Å². The first-order valence-corrected chi connectivity index (χ1v) is 5.21. The highest BCUT2D eigenvalue weighted by molar-refractivity contribution is 6.42. The maximum absolute atomic E-state index is 5.93. The average Bonchev–Trinajstić information content (AvgIpc) is 2.32. The van der Waals surface area contributed by atoms with Gasteiger partial charge in [0.25, 0.3) is 0 Å². The van der Waals surface area contributed by atoms with Crippen molar-refractivity contribution in [1.29, 1.82) is 0 Å². The Kier molecular flexibility index (Phi) is 3.24. The summed E-state index contributed by atoms with van der Waals surface area (Å²) in [7, 11) is 0. The van der Waals surface area contributed by atoms with Crippen LogP contribution in [0.25, 0.3) is 11.3 Å². The van der Waals surface area contributed by atoms with Crippen LogP contribution in [0.2, 0.25) is 10.0 Å². The number of anilines is 1. The van der Waals surface area contributed by atoms with Gasteiger partial charge in [0.2, 0.25) is 0 Å². The zero-order chi connectivity index (χ0) is 11.5. The molecule has 0 amide bonds. The molecule has 4 nitrogen and oxygen atoms in total. The van der Waals surface area contributed by atoms with Crippen LogP contribution in [-0.4, -0.2) is 9.97 Å². The van der Waals surface area contributed by atoms with Gasteiger partial charge in [0, 0.05) is 18.0 Å². The molecule has 0 spiro atoms. The van der Waals surface area contributed by atoms with E-state index in [9.17, 15) is 0 Å². The van der Waals surface area contributed by atoms with E-state index >= 15 is 0 Å². The second-order valence-corrected chi connectivity index (χ2v) is 3.84. The van der Waals surface area contributed by atoms with Crippen LogP contribution in [0.15, 0.2) is 30.6 Å². The normalized spacial score (nSPS) is 10.2. The van der Waals surface area contributed by atoms with Gasteiger partial charge in [-0.3, -0.25) is 4.98 Å². The lowest BCUT2D eigenvalue weighted by molar-refractivity contribution is 1.16. The van der Waals surface area contributed by atoms with Crippen molar-refractivity contribution in [2.45, 2.75) is 0 Å². The van der Waals surface area contributed by atoms with Crippen LogP contribution in [-0.2, 0) is 0 Å². The predicted octanol–water partition coefficient (Wildman–Crippen LogP) is 2.74. The van der Waals surface area contributed by atoms with Crippen LogP contribution >= 0.6 is 23.2 Å². The van der Waals surface area contributed by atoms with Crippen molar-refractivity contribution in [2.24, 2.45) is 5.84 Å². The Bertz CT molecular complexity index is 516. The third-order valence-electron chi connectivity index (χ3n) is 2.03. The number of hydrogen-bond acceptors (Lipinski definition) is 4. The standard InChI is InChI=1S/C10H8Cl2N4/c11-7-2-1-6(5-8(7)12)9-10(16-13)15-4-3-14-9/h1-5H,13H2,(H,15,16). The topological polar surface area (TPSA) is 63.8 Å². The number of nitrogens with one attached hydrogen (secondary N) is 1. The number of nitrogens with zero attached hydrogens (tertiary/aromatic N) is 2. The Morgan fingerprint density at radius 3 is 2.50 bits per heavy atom. The average molecular weight is 255 g/mol. The minimum absolute atomic E-state index is 0.466. The van der Waals surface area contributed by atoms with Gasteiger partial charge in [-0.15, -0.1) is 0 Å². The van der Waals surface area contributed by atoms with Crippen molar-refractivity contribution in [3.63, 3.8) is 0 Å².